The van der Waals surface area contributed by atoms with Crippen LogP contribution in [-0.4, -0.2) is 50.6 Å². The maximum atomic E-state index is 13.8. The van der Waals surface area contributed by atoms with E-state index in [1.807, 2.05) is 0 Å². The molecule has 0 bridgehead atoms. The molecule has 1 fully saturated rings. The highest BCUT2D eigenvalue weighted by molar-refractivity contribution is 7.85. The van der Waals surface area contributed by atoms with E-state index in [0.717, 1.165) is 6.20 Å². The maximum Gasteiger partial charge on any atom is 0.414 e. The summed E-state index contributed by atoms with van der Waals surface area (Å²) in [5.74, 6) is -1.24. The lowest BCUT2D eigenvalue weighted by Crippen LogP contribution is -2.38. The van der Waals surface area contributed by atoms with E-state index in [1.165, 1.54) is 22.8 Å². The van der Waals surface area contributed by atoms with Gasteiger partial charge in [-0.15, -0.1) is 0 Å². The highest BCUT2D eigenvalue weighted by Gasteiger charge is 2.36. The number of hydroxylamine groups is 1. The average Bonchev–Trinajstić information content (AvgIpc) is 3.06. The summed E-state index contributed by atoms with van der Waals surface area (Å²) in [4.78, 5) is 28.9. The highest BCUT2D eigenvalue weighted by Crippen LogP contribution is 2.28. The Labute approximate surface area is 162 Å². The van der Waals surface area contributed by atoms with E-state index in [0.29, 0.717) is 16.8 Å². The van der Waals surface area contributed by atoms with Crippen molar-refractivity contribution in [3.8, 4) is 11.1 Å². The fourth-order valence-corrected chi connectivity index (χ4v) is 3.83. The van der Waals surface area contributed by atoms with Gasteiger partial charge in [-0.25, -0.2) is 14.7 Å². The molecule has 0 spiro atoms. The number of cyclic esters (lactones) is 1. The number of hydrogen-bond donors (Lipinski definition) is 2. The van der Waals surface area contributed by atoms with Crippen molar-refractivity contribution in [2.24, 2.45) is 0 Å². The molecule has 2 aromatic rings. The number of halogens is 1. The number of benzene rings is 1. The summed E-state index contributed by atoms with van der Waals surface area (Å²) in [6.45, 7) is 0.161. The first-order valence-corrected chi connectivity index (χ1v) is 9.97. The molecule has 2 amide bonds. The van der Waals surface area contributed by atoms with Crippen molar-refractivity contribution in [3.63, 3.8) is 0 Å². The third-order valence-corrected chi connectivity index (χ3v) is 5.62. The van der Waals surface area contributed by atoms with Crippen molar-refractivity contribution in [1.82, 2.24) is 10.5 Å². The number of carbonyl (C=O) groups excluding carboxylic acids is 2. The second kappa shape index (κ2) is 8.44. The summed E-state index contributed by atoms with van der Waals surface area (Å²) in [6.07, 6.45) is 2.71. The van der Waals surface area contributed by atoms with E-state index >= 15 is 0 Å². The zero-order valence-corrected chi connectivity index (χ0v) is 15.7. The molecule has 3 unspecified atom stereocenters. The zero-order valence-electron chi connectivity index (χ0n) is 14.9. The van der Waals surface area contributed by atoms with Crippen LogP contribution in [0, 0.1) is 5.82 Å². The topological polar surface area (TPSA) is 109 Å². The highest BCUT2D eigenvalue weighted by atomic mass is 32.2. The standard InChI is InChI=1S/C18H18FN3O5S/c1-28(26)16(17(23)21-25)8-13-10-22(18(24)27-13)12-4-2-11(3-5-12)14-6-7-20-9-15(14)19/h2-7,9,13,16,25H,8,10H2,1H3,(H,21,23). The summed E-state index contributed by atoms with van der Waals surface area (Å²) in [7, 11) is -1.55. The molecule has 0 radical (unpaired) electrons. The molecule has 0 aliphatic carbocycles. The summed E-state index contributed by atoms with van der Waals surface area (Å²) in [5, 5.41) is 7.77. The molecule has 1 aromatic carbocycles. The molecule has 2 N–H and O–H groups in total. The molecule has 0 saturated carbocycles. The van der Waals surface area contributed by atoms with Crippen LogP contribution in [-0.2, 0) is 20.3 Å². The molecule has 2 heterocycles. The van der Waals surface area contributed by atoms with Gasteiger partial charge in [-0.1, -0.05) is 12.1 Å². The van der Waals surface area contributed by atoms with E-state index in [4.69, 9.17) is 9.94 Å². The van der Waals surface area contributed by atoms with E-state index in [9.17, 15) is 18.2 Å². The first kappa shape index (κ1) is 19.9. The Balaban J connectivity index is 1.73. The van der Waals surface area contributed by atoms with Gasteiger partial charge in [0.2, 0.25) is 0 Å². The van der Waals surface area contributed by atoms with Crippen molar-refractivity contribution < 1.29 is 28.1 Å². The summed E-state index contributed by atoms with van der Waals surface area (Å²) >= 11 is 0. The molecule has 8 nitrogen and oxygen atoms in total. The van der Waals surface area contributed by atoms with Crippen molar-refractivity contribution in [2.75, 3.05) is 17.7 Å². The smallest absolute Gasteiger partial charge is 0.414 e. The van der Waals surface area contributed by atoms with Crippen LogP contribution in [0.15, 0.2) is 42.7 Å². The van der Waals surface area contributed by atoms with Gasteiger partial charge in [0.25, 0.3) is 5.91 Å². The van der Waals surface area contributed by atoms with Gasteiger partial charge in [0.1, 0.15) is 17.2 Å². The summed E-state index contributed by atoms with van der Waals surface area (Å²) < 4.78 is 30.8. The molecule has 10 heteroatoms. The second-order valence-electron chi connectivity index (χ2n) is 6.22. The van der Waals surface area contributed by atoms with Crippen LogP contribution in [0.3, 0.4) is 0 Å². The van der Waals surface area contributed by atoms with Crippen LogP contribution < -0.4 is 10.4 Å². The Kier molecular flexibility index (Phi) is 6.00. The lowest BCUT2D eigenvalue weighted by atomic mass is 10.1. The maximum absolute atomic E-state index is 13.8. The summed E-state index contributed by atoms with van der Waals surface area (Å²) in [5.41, 5.74) is 3.06. The van der Waals surface area contributed by atoms with E-state index in [1.54, 1.807) is 30.3 Å². The molecule has 148 valence electrons. The lowest BCUT2D eigenvalue weighted by molar-refractivity contribution is -0.129. The molecule has 1 aromatic heterocycles. The number of rotatable bonds is 6. The third-order valence-electron chi connectivity index (χ3n) is 4.42. The molecule has 1 aliphatic heterocycles. The molecule has 3 atom stereocenters. The van der Waals surface area contributed by atoms with Crippen LogP contribution in [0.25, 0.3) is 11.1 Å². The number of carbonyl (C=O) groups is 2. The Morgan fingerprint density at radius 1 is 1.43 bits per heavy atom. The number of pyridine rings is 1. The van der Waals surface area contributed by atoms with Crippen LogP contribution in [0.5, 0.6) is 0 Å². The summed E-state index contributed by atoms with van der Waals surface area (Å²) in [6, 6.07) is 8.24. The fourth-order valence-electron chi connectivity index (χ4n) is 2.99. The number of aromatic nitrogens is 1. The Bertz CT molecular complexity index is 908. The monoisotopic (exact) mass is 407 g/mol. The van der Waals surface area contributed by atoms with Crippen LogP contribution in [0.1, 0.15) is 6.42 Å². The normalized spacial score (nSPS) is 18.5. The number of nitrogens with one attached hydrogen (secondary N) is 1. The van der Waals surface area contributed by atoms with Gasteiger partial charge in [0.05, 0.1) is 12.7 Å². The van der Waals surface area contributed by atoms with Crippen molar-refractivity contribution in [1.29, 1.82) is 0 Å². The van der Waals surface area contributed by atoms with Crippen LogP contribution >= 0.6 is 0 Å². The number of amides is 2. The molecule has 3 rings (SSSR count). The van der Waals surface area contributed by atoms with E-state index < -0.39 is 40.0 Å². The van der Waals surface area contributed by atoms with Gasteiger partial charge >= 0.3 is 6.09 Å². The van der Waals surface area contributed by atoms with Crippen LogP contribution in [0.4, 0.5) is 14.9 Å². The first-order valence-electron chi connectivity index (χ1n) is 8.35. The van der Waals surface area contributed by atoms with Gasteiger partial charge in [-0.3, -0.25) is 24.1 Å². The van der Waals surface area contributed by atoms with Gasteiger partial charge in [0, 0.05) is 40.9 Å². The molecule has 1 aliphatic rings. The lowest BCUT2D eigenvalue weighted by Gasteiger charge is -2.16. The minimum atomic E-state index is -1.55. The quantitative estimate of drug-likeness (QED) is 0.559. The largest absolute Gasteiger partial charge is 0.444 e. The minimum absolute atomic E-state index is 0.0120. The van der Waals surface area contributed by atoms with E-state index in [2.05, 4.69) is 4.98 Å². The van der Waals surface area contributed by atoms with Gasteiger partial charge in [-0.05, 0) is 23.8 Å². The molecule has 1 saturated heterocycles. The number of anilines is 1. The van der Waals surface area contributed by atoms with Gasteiger partial charge in [-0.2, -0.15) is 0 Å². The number of hydrogen-bond acceptors (Lipinski definition) is 6. The Morgan fingerprint density at radius 2 is 2.14 bits per heavy atom. The second-order valence-corrected chi connectivity index (χ2v) is 7.78. The first-order chi connectivity index (χ1) is 13.4. The molecular weight excluding hydrogens is 389 g/mol. The Hall–Kier alpha value is -2.85. The average molecular weight is 407 g/mol. The predicted octanol–water partition coefficient (Wildman–Crippen LogP) is 1.86. The van der Waals surface area contributed by atoms with Crippen molar-refractivity contribution >= 4 is 28.5 Å². The van der Waals surface area contributed by atoms with E-state index in [-0.39, 0.29) is 13.0 Å². The molecule has 28 heavy (non-hydrogen) atoms. The Morgan fingerprint density at radius 3 is 2.75 bits per heavy atom. The van der Waals surface area contributed by atoms with Crippen molar-refractivity contribution in [2.45, 2.75) is 17.8 Å². The fraction of sp³-hybridized carbons (Fsp3) is 0.278. The SMILES string of the molecule is CS(=O)C(CC1CN(c2ccc(-c3ccncc3F)cc2)C(=O)O1)C(=O)NO. The van der Waals surface area contributed by atoms with Crippen molar-refractivity contribution in [3.05, 3.63) is 48.5 Å². The number of ether oxygens (including phenoxy) is 1. The third kappa shape index (κ3) is 4.18. The van der Waals surface area contributed by atoms with Gasteiger partial charge < -0.3 is 4.74 Å². The molecular formula is C18H18FN3O5S. The predicted molar refractivity (Wildman–Crippen MR) is 99.6 cm³/mol. The van der Waals surface area contributed by atoms with Gasteiger partial charge in [0.15, 0.2) is 0 Å². The number of nitrogens with zero attached hydrogens (tertiary/aromatic N) is 2. The zero-order chi connectivity index (χ0) is 20.3. The van der Waals surface area contributed by atoms with Crippen LogP contribution in [0.2, 0.25) is 0 Å². The minimum Gasteiger partial charge on any atom is -0.444 e.